The molecule has 3 atom stereocenters. The molecule has 2 fully saturated rings. The van der Waals surface area contributed by atoms with Gasteiger partial charge in [-0.2, -0.15) is 0 Å². The van der Waals surface area contributed by atoms with E-state index >= 15 is 0 Å². The van der Waals surface area contributed by atoms with E-state index in [2.05, 4.69) is 30.7 Å². The molecule has 2 aliphatic rings. The fourth-order valence-corrected chi connectivity index (χ4v) is 5.22. The number of rotatable bonds is 3. The normalized spacial score (nSPS) is 30.5. The van der Waals surface area contributed by atoms with Crippen LogP contribution in [0.1, 0.15) is 54.3 Å². The molecule has 0 amide bonds. The van der Waals surface area contributed by atoms with Crippen molar-refractivity contribution < 1.29 is 14.7 Å². The zero-order valence-electron chi connectivity index (χ0n) is 14.9. The van der Waals surface area contributed by atoms with Crippen molar-refractivity contribution in [2.75, 3.05) is 13.1 Å². The lowest BCUT2D eigenvalue weighted by Crippen LogP contribution is -2.45. The maximum Gasteiger partial charge on any atom is 0.337 e. The van der Waals surface area contributed by atoms with Gasteiger partial charge in [0.25, 0.3) is 0 Å². The molecule has 0 spiro atoms. The molecular formula is C20H24N2O3. The standard InChI is InChI=1S/C20H24N2O3/c1-19(2)9-20(3)7-16(22(10-19)11-20)17(23)12-4-5-15-13(6-12)14(8-21-15)18(24)25/h4-6,8,16,21H,7,9-11H2,1-3H3,(H,24,25). The van der Waals surface area contributed by atoms with Crippen molar-refractivity contribution in [1.29, 1.82) is 0 Å². The highest BCUT2D eigenvalue weighted by molar-refractivity contribution is 6.08. The molecule has 2 saturated heterocycles. The summed E-state index contributed by atoms with van der Waals surface area (Å²) in [5.74, 6) is -0.869. The van der Waals surface area contributed by atoms with E-state index in [0.29, 0.717) is 10.9 Å². The van der Waals surface area contributed by atoms with Gasteiger partial charge in [-0.05, 0) is 41.9 Å². The predicted molar refractivity (Wildman–Crippen MR) is 96.1 cm³/mol. The maximum atomic E-state index is 13.2. The van der Waals surface area contributed by atoms with Crippen LogP contribution in [0.3, 0.4) is 0 Å². The highest BCUT2D eigenvalue weighted by Crippen LogP contribution is 2.49. The van der Waals surface area contributed by atoms with Gasteiger partial charge in [0.1, 0.15) is 0 Å². The van der Waals surface area contributed by atoms with E-state index in [9.17, 15) is 14.7 Å². The number of piperidine rings is 1. The number of carboxylic acid groups (broad SMARTS) is 1. The molecule has 3 heterocycles. The first-order valence-corrected chi connectivity index (χ1v) is 8.80. The second kappa shape index (κ2) is 5.18. The van der Waals surface area contributed by atoms with Crippen LogP contribution in [0.4, 0.5) is 0 Å². The van der Waals surface area contributed by atoms with Crippen LogP contribution in [0.15, 0.2) is 24.4 Å². The Balaban J connectivity index is 1.69. The molecular weight excluding hydrogens is 316 g/mol. The van der Waals surface area contributed by atoms with Gasteiger partial charge in [-0.3, -0.25) is 9.69 Å². The number of aromatic amines is 1. The van der Waals surface area contributed by atoms with E-state index in [1.54, 1.807) is 12.1 Å². The smallest absolute Gasteiger partial charge is 0.337 e. The number of Topliss-reactive ketones (excluding diaryl/α,β-unsaturated/α-hetero) is 1. The molecule has 2 aliphatic heterocycles. The number of carbonyl (C=O) groups excluding carboxylic acids is 1. The molecule has 2 bridgehead atoms. The molecule has 4 rings (SSSR count). The number of nitrogens with zero attached hydrogens (tertiary/aromatic N) is 1. The number of ketones is 1. The fraction of sp³-hybridized carbons (Fsp3) is 0.500. The number of hydrogen-bond donors (Lipinski definition) is 2. The van der Waals surface area contributed by atoms with Crippen molar-refractivity contribution in [3.63, 3.8) is 0 Å². The average Bonchev–Trinajstić information content (AvgIpc) is 3.03. The van der Waals surface area contributed by atoms with Gasteiger partial charge in [-0.25, -0.2) is 4.79 Å². The Morgan fingerprint density at radius 2 is 2.00 bits per heavy atom. The molecule has 0 radical (unpaired) electrons. The zero-order valence-corrected chi connectivity index (χ0v) is 14.9. The summed E-state index contributed by atoms with van der Waals surface area (Å²) in [6.45, 7) is 8.74. The van der Waals surface area contributed by atoms with Crippen LogP contribution >= 0.6 is 0 Å². The summed E-state index contributed by atoms with van der Waals surface area (Å²) in [4.78, 5) is 29.8. The van der Waals surface area contributed by atoms with Crippen molar-refractivity contribution in [1.82, 2.24) is 9.88 Å². The Hall–Kier alpha value is -2.14. The zero-order chi connectivity index (χ0) is 18.0. The Morgan fingerprint density at radius 1 is 1.24 bits per heavy atom. The Kier molecular flexibility index (Phi) is 3.38. The molecule has 5 nitrogen and oxygen atoms in total. The van der Waals surface area contributed by atoms with Gasteiger partial charge >= 0.3 is 5.97 Å². The molecule has 2 aromatic rings. The Bertz CT molecular complexity index is 882. The summed E-state index contributed by atoms with van der Waals surface area (Å²) in [6, 6.07) is 5.24. The summed E-state index contributed by atoms with van der Waals surface area (Å²) in [5, 5.41) is 9.91. The summed E-state index contributed by atoms with van der Waals surface area (Å²) in [6.07, 6.45) is 3.50. The molecule has 132 valence electrons. The highest BCUT2D eigenvalue weighted by Gasteiger charge is 2.51. The second-order valence-electron chi connectivity index (χ2n) is 8.91. The van der Waals surface area contributed by atoms with Crippen LogP contribution < -0.4 is 0 Å². The largest absolute Gasteiger partial charge is 0.478 e. The SMILES string of the molecule is CC1(C)CN2CC(C)(CC2C(=O)c2ccc3[nH]cc(C(=O)O)c3c2)C1. The van der Waals surface area contributed by atoms with Gasteiger partial charge in [0, 0.05) is 35.8 Å². The van der Waals surface area contributed by atoms with Crippen LogP contribution in [0.5, 0.6) is 0 Å². The van der Waals surface area contributed by atoms with E-state index in [1.807, 2.05) is 6.07 Å². The molecule has 0 saturated carbocycles. The van der Waals surface area contributed by atoms with Gasteiger partial charge in [0.2, 0.25) is 0 Å². The topological polar surface area (TPSA) is 73.4 Å². The van der Waals surface area contributed by atoms with Crippen LogP contribution in [-0.2, 0) is 0 Å². The van der Waals surface area contributed by atoms with E-state index in [0.717, 1.165) is 31.4 Å². The Labute approximate surface area is 147 Å². The number of aromatic carboxylic acids is 1. The Morgan fingerprint density at radius 3 is 2.72 bits per heavy atom. The first-order valence-electron chi connectivity index (χ1n) is 8.80. The first-order chi connectivity index (χ1) is 11.7. The average molecular weight is 340 g/mol. The van der Waals surface area contributed by atoms with Crippen LogP contribution in [0.2, 0.25) is 0 Å². The molecule has 25 heavy (non-hydrogen) atoms. The number of fused-ring (bicyclic) bond motifs is 3. The van der Waals surface area contributed by atoms with Gasteiger partial charge in [0.15, 0.2) is 5.78 Å². The molecule has 2 N–H and O–H groups in total. The number of carboxylic acids is 1. The minimum absolute atomic E-state index is 0.101. The van der Waals surface area contributed by atoms with E-state index in [4.69, 9.17) is 0 Å². The van der Waals surface area contributed by atoms with Gasteiger partial charge in [-0.1, -0.05) is 20.8 Å². The number of nitrogens with one attached hydrogen (secondary N) is 1. The van der Waals surface area contributed by atoms with Gasteiger partial charge < -0.3 is 10.1 Å². The highest BCUT2D eigenvalue weighted by atomic mass is 16.4. The molecule has 0 aliphatic carbocycles. The number of hydrogen-bond acceptors (Lipinski definition) is 3. The third kappa shape index (κ3) is 2.67. The van der Waals surface area contributed by atoms with Crippen molar-refractivity contribution in [3.8, 4) is 0 Å². The van der Waals surface area contributed by atoms with Crippen LogP contribution in [0.25, 0.3) is 10.9 Å². The number of H-pyrrole nitrogens is 1. The monoisotopic (exact) mass is 340 g/mol. The van der Waals surface area contributed by atoms with Crippen LogP contribution in [0, 0.1) is 10.8 Å². The van der Waals surface area contributed by atoms with Crippen molar-refractivity contribution >= 4 is 22.7 Å². The lowest BCUT2D eigenvalue weighted by molar-refractivity contribution is 0.0644. The van der Waals surface area contributed by atoms with Crippen molar-refractivity contribution in [3.05, 3.63) is 35.5 Å². The summed E-state index contributed by atoms with van der Waals surface area (Å²) in [7, 11) is 0. The van der Waals surface area contributed by atoms with Crippen LogP contribution in [-0.4, -0.2) is 45.9 Å². The summed E-state index contributed by atoms with van der Waals surface area (Å²) in [5.41, 5.74) is 1.97. The number of carbonyl (C=O) groups is 2. The lowest BCUT2D eigenvalue weighted by Gasteiger charge is -2.42. The molecule has 1 aromatic carbocycles. The lowest BCUT2D eigenvalue weighted by atomic mass is 9.71. The molecule has 5 heteroatoms. The summed E-state index contributed by atoms with van der Waals surface area (Å²) >= 11 is 0. The third-order valence-electron chi connectivity index (χ3n) is 5.75. The van der Waals surface area contributed by atoms with Gasteiger partial charge in [0.05, 0.1) is 11.6 Å². The number of benzene rings is 1. The molecule has 3 unspecified atom stereocenters. The minimum atomic E-state index is -0.981. The van der Waals surface area contributed by atoms with Crippen molar-refractivity contribution in [2.24, 2.45) is 10.8 Å². The van der Waals surface area contributed by atoms with Crippen molar-refractivity contribution in [2.45, 2.75) is 39.7 Å². The fourth-order valence-electron chi connectivity index (χ4n) is 5.22. The van der Waals surface area contributed by atoms with Gasteiger partial charge in [-0.15, -0.1) is 0 Å². The summed E-state index contributed by atoms with van der Waals surface area (Å²) < 4.78 is 0. The quantitative estimate of drug-likeness (QED) is 0.838. The van der Waals surface area contributed by atoms with E-state index < -0.39 is 5.97 Å². The van der Waals surface area contributed by atoms with E-state index in [1.165, 1.54) is 6.20 Å². The minimum Gasteiger partial charge on any atom is -0.478 e. The van der Waals surface area contributed by atoms with E-state index in [-0.39, 0.29) is 28.2 Å². The second-order valence-corrected chi connectivity index (χ2v) is 8.91. The maximum absolute atomic E-state index is 13.2. The molecule has 1 aromatic heterocycles. The third-order valence-corrected chi connectivity index (χ3v) is 5.75. The number of aromatic nitrogens is 1. The predicted octanol–water partition coefficient (Wildman–Crippen LogP) is 3.56. The first kappa shape index (κ1) is 16.3.